The van der Waals surface area contributed by atoms with Crippen molar-refractivity contribution in [1.29, 1.82) is 0 Å². The fourth-order valence-electron chi connectivity index (χ4n) is 1.70. The van der Waals surface area contributed by atoms with Crippen LogP contribution in [0.2, 0.25) is 0 Å². The second-order valence-electron chi connectivity index (χ2n) is 4.12. The Hall–Kier alpha value is -2.18. The molecule has 1 heterocycles. The van der Waals surface area contributed by atoms with E-state index in [4.69, 9.17) is 9.47 Å². The summed E-state index contributed by atoms with van der Waals surface area (Å²) in [7, 11) is 3.04. The van der Waals surface area contributed by atoms with Crippen LogP contribution in [0.4, 0.5) is 0 Å². The van der Waals surface area contributed by atoms with E-state index in [1.54, 1.807) is 10.9 Å². The molecular formula is C14H17N3O3. The van der Waals surface area contributed by atoms with Crippen molar-refractivity contribution in [2.45, 2.75) is 6.29 Å². The largest absolute Gasteiger partial charge is 0.354 e. The molecule has 0 unspecified atom stereocenters. The third-order valence-electron chi connectivity index (χ3n) is 2.82. The molecular weight excluding hydrogens is 258 g/mol. The molecule has 0 atom stereocenters. The summed E-state index contributed by atoms with van der Waals surface area (Å²) in [4.78, 5) is 12.0. The van der Waals surface area contributed by atoms with Crippen molar-refractivity contribution in [3.05, 3.63) is 48.3 Å². The summed E-state index contributed by atoms with van der Waals surface area (Å²) >= 11 is 0. The number of rotatable bonds is 6. The van der Waals surface area contributed by atoms with Gasteiger partial charge in [-0.3, -0.25) is 4.79 Å². The third-order valence-corrected chi connectivity index (χ3v) is 2.82. The second kappa shape index (κ2) is 6.83. The van der Waals surface area contributed by atoms with E-state index >= 15 is 0 Å². The Bertz CT molecular complexity index is 550. The van der Waals surface area contributed by atoms with E-state index < -0.39 is 6.29 Å². The molecule has 6 nitrogen and oxygen atoms in total. The minimum absolute atomic E-state index is 0.216. The second-order valence-corrected chi connectivity index (χ2v) is 4.12. The number of methoxy groups -OCH3 is 2. The summed E-state index contributed by atoms with van der Waals surface area (Å²) < 4.78 is 11.7. The van der Waals surface area contributed by atoms with Gasteiger partial charge in [0.15, 0.2) is 6.29 Å². The van der Waals surface area contributed by atoms with Gasteiger partial charge >= 0.3 is 0 Å². The first kappa shape index (κ1) is 14.2. The first-order chi connectivity index (χ1) is 9.74. The minimum atomic E-state index is -0.455. The highest BCUT2D eigenvalue weighted by Crippen LogP contribution is 2.07. The summed E-state index contributed by atoms with van der Waals surface area (Å²) in [5.41, 5.74) is 1.39. The maximum atomic E-state index is 12.0. The summed E-state index contributed by atoms with van der Waals surface area (Å²) in [6.45, 7) is 0.280. The van der Waals surface area contributed by atoms with E-state index in [-0.39, 0.29) is 12.5 Å². The zero-order chi connectivity index (χ0) is 14.4. The molecule has 0 saturated carbocycles. The lowest BCUT2D eigenvalue weighted by Gasteiger charge is -2.13. The Balaban J connectivity index is 2.00. The molecule has 0 aliphatic carbocycles. The first-order valence-electron chi connectivity index (χ1n) is 6.18. The third kappa shape index (κ3) is 3.43. The van der Waals surface area contributed by atoms with Gasteiger partial charge < -0.3 is 14.8 Å². The highest BCUT2D eigenvalue weighted by atomic mass is 16.7. The average molecular weight is 275 g/mol. The maximum Gasteiger partial charge on any atom is 0.254 e. The van der Waals surface area contributed by atoms with Crippen LogP contribution in [0.3, 0.4) is 0 Å². The van der Waals surface area contributed by atoms with Crippen molar-refractivity contribution in [2.24, 2.45) is 0 Å². The lowest BCUT2D eigenvalue weighted by molar-refractivity contribution is -0.0974. The van der Waals surface area contributed by atoms with E-state index in [1.807, 2.05) is 30.3 Å². The Labute approximate surface area is 117 Å². The van der Waals surface area contributed by atoms with Gasteiger partial charge in [0, 0.05) is 20.4 Å². The maximum absolute atomic E-state index is 12.0. The Morgan fingerprint density at radius 1 is 1.30 bits per heavy atom. The van der Waals surface area contributed by atoms with Crippen molar-refractivity contribution in [3.8, 4) is 5.69 Å². The van der Waals surface area contributed by atoms with Crippen molar-refractivity contribution in [1.82, 2.24) is 15.1 Å². The number of nitrogens with one attached hydrogen (secondary N) is 1. The number of amides is 1. The quantitative estimate of drug-likeness (QED) is 0.805. The number of nitrogens with zero attached hydrogens (tertiary/aromatic N) is 2. The molecule has 1 N–H and O–H groups in total. The number of carbonyl (C=O) groups is 1. The van der Waals surface area contributed by atoms with Gasteiger partial charge in [0.2, 0.25) is 0 Å². The summed E-state index contributed by atoms with van der Waals surface area (Å²) in [5, 5.41) is 6.89. The van der Waals surface area contributed by atoms with E-state index in [0.717, 1.165) is 5.69 Å². The van der Waals surface area contributed by atoms with Crippen molar-refractivity contribution >= 4 is 5.91 Å². The zero-order valence-corrected chi connectivity index (χ0v) is 11.4. The van der Waals surface area contributed by atoms with Crippen LogP contribution in [0.15, 0.2) is 42.7 Å². The molecule has 20 heavy (non-hydrogen) atoms. The SMILES string of the molecule is COC(CNC(=O)c1cnn(-c2ccccc2)c1)OC. The fraction of sp³-hybridized carbons (Fsp3) is 0.286. The van der Waals surface area contributed by atoms with E-state index in [1.165, 1.54) is 20.4 Å². The number of benzene rings is 1. The molecule has 0 radical (unpaired) electrons. The molecule has 0 bridgehead atoms. The van der Waals surface area contributed by atoms with Gasteiger partial charge in [-0.25, -0.2) is 4.68 Å². The molecule has 1 amide bonds. The van der Waals surface area contributed by atoms with Gasteiger partial charge in [0.05, 0.1) is 24.0 Å². The number of hydrogen-bond acceptors (Lipinski definition) is 4. The van der Waals surface area contributed by atoms with Crippen LogP contribution >= 0.6 is 0 Å². The molecule has 1 aromatic heterocycles. The predicted octanol–water partition coefficient (Wildman–Crippen LogP) is 1.22. The van der Waals surface area contributed by atoms with E-state index in [9.17, 15) is 4.79 Å². The van der Waals surface area contributed by atoms with Crippen LogP contribution in [0.25, 0.3) is 5.69 Å². The summed E-state index contributed by atoms with van der Waals surface area (Å²) in [6, 6.07) is 9.59. The lowest BCUT2D eigenvalue weighted by Crippen LogP contribution is -2.33. The highest BCUT2D eigenvalue weighted by Gasteiger charge is 2.12. The Morgan fingerprint density at radius 3 is 2.65 bits per heavy atom. The number of ether oxygens (including phenoxy) is 2. The predicted molar refractivity (Wildman–Crippen MR) is 73.7 cm³/mol. The molecule has 0 aliphatic heterocycles. The van der Waals surface area contributed by atoms with Crippen LogP contribution in [0, 0.1) is 0 Å². The standard InChI is InChI=1S/C14H17N3O3/c1-19-13(20-2)9-15-14(18)11-8-16-17(10-11)12-6-4-3-5-7-12/h3-8,10,13H,9H2,1-2H3,(H,15,18). The van der Waals surface area contributed by atoms with Crippen molar-refractivity contribution < 1.29 is 14.3 Å². The highest BCUT2D eigenvalue weighted by molar-refractivity contribution is 5.93. The van der Waals surface area contributed by atoms with Crippen LogP contribution in [-0.2, 0) is 9.47 Å². The van der Waals surface area contributed by atoms with Gasteiger partial charge in [-0.2, -0.15) is 5.10 Å². The van der Waals surface area contributed by atoms with Gasteiger partial charge in [-0.05, 0) is 12.1 Å². The number of aromatic nitrogens is 2. The molecule has 0 spiro atoms. The Morgan fingerprint density at radius 2 is 2.00 bits per heavy atom. The molecule has 6 heteroatoms. The fourth-order valence-corrected chi connectivity index (χ4v) is 1.70. The average Bonchev–Trinajstić information content (AvgIpc) is 2.99. The molecule has 2 rings (SSSR count). The number of carbonyl (C=O) groups excluding carboxylic acids is 1. The summed E-state index contributed by atoms with van der Waals surface area (Å²) in [6.07, 6.45) is 2.75. The zero-order valence-electron chi connectivity index (χ0n) is 11.4. The minimum Gasteiger partial charge on any atom is -0.354 e. The van der Waals surface area contributed by atoms with Crippen LogP contribution in [0.1, 0.15) is 10.4 Å². The number of hydrogen-bond donors (Lipinski definition) is 1. The van der Waals surface area contributed by atoms with Crippen molar-refractivity contribution in [3.63, 3.8) is 0 Å². The van der Waals surface area contributed by atoms with E-state index in [0.29, 0.717) is 5.56 Å². The van der Waals surface area contributed by atoms with Gasteiger partial charge in [-0.1, -0.05) is 18.2 Å². The van der Waals surface area contributed by atoms with Gasteiger partial charge in [0.1, 0.15) is 0 Å². The number of para-hydroxylation sites is 1. The Kier molecular flexibility index (Phi) is 4.86. The van der Waals surface area contributed by atoms with Gasteiger partial charge in [-0.15, -0.1) is 0 Å². The van der Waals surface area contributed by atoms with E-state index in [2.05, 4.69) is 10.4 Å². The molecule has 1 aromatic carbocycles. The molecule has 0 fully saturated rings. The first-order valence-corrected chi connectivity index (χ1v) is 6.18. The smallest absolute Gasteiger partial charge is 0.254 e. The molecule has 2 aromatic rings. The summed E-state index contributed by atoms with van der Waals surface area (Å²) in [5.74, 6) is -0.216. The van der Waals surface area contributed by atoms with Crippen LogP contribution in [-0.4, -0.2) is 42.7 Å². The van der Waals surface area contributed by atoms with Gasteiger partial charge in [0.25, 0.3) is 5.91 Å². The van der Waals surface area contributed by atoms with Crippen LogP contribution < -0.4 is 5.32 Å². The monoisotopic (exact) mass is 275 g/mol. The van der Waals surface area contributed by atoms with Crippen LogP contribution in [0.5, 0.6) is 0 Å². The lowest BCUT2D eigenvalue weighted by atomic mass is 10.3. The normalized spacial score (nSPS) is 10.8. The molecule has 0 aliphatic rings. The molecule has 106 valence electrons. The topological polar surface area (TPSA) is 65.4 Å². The van der Waals surface area contributed by atoms with Crippen molar-refractivity contribution in [2.75, 3.05) is 20.8 Å². The molecule has 0 saturated heterocycles.